The van der Waals surface area contributed by atoms with Crippen molar-refractivity contribution >= 4 is 28.0 Å². The lowest BCUT2D eigenvalue weighted by Crippen LogP contribution is -2.53. The third-order valence-electron chi connectivity index (χ3n) is 5.89. The second kappa shape index (κ2) is 11.9. The second-order valence-electron chi connectivity index (χ2n) is 11.8. The van der Waals surface area contributed by atoms with Crippen molar-refractivity contribution in [3.8, 4) is 11.4 Å². The number of carbonyl (C=O) groups is 2. The number of hydrogen-bond donors (Lipinski definition) is 1. The minimum atomic E-state index is -3.48. The Bertz CT molecular complexity index is 1550. The number of sulfone groups is 1. The van der Waals surface area contributed by atoms with E-state index in [2.05, 4.69) is 20.4 Å². The number of hydrogen-bond acceptors (Lipinski definition) is 9. The minimum absolute atomic E-state index is 0.0570. The number of aliphatic imine (C=N–C) groups is 1. The molecule has 1 aliphatic heterocycles. The number of nitrogens with one attached hydrogen (secondary N) is 1. The van der Waals surface area contributed by atoms with E-state index in [-0.39, 0.29) is 22.5 Å². The molecule has 2 amide bonds. The highest BCUT2D eigenvalue weighted by atomic mass is 32.2. The van der Waals surface area contributed by atoms with Gasteiger partial charge in [0, 0.05) is 12.1 Å². The van der Waals surface area contributed by atoms with Crippen LogP contribution in [0.25, 0.3) is 11.4 Å². The zero-order chi connectivity index (χ0) is 30.7. The number of carbonyl (C=O) groups excluding carboxylic acids is 2. The molecule has 2 heterocycles. The zero-order valence-corrected chi connectivity index (χ0v) is 25.3. The summed E-state index contributed by atoms with van der Waals surface area (Å²) in [7, 11) is -3.48. The summed E-state index contributed by atoms with van der Waals surface area (Å²) in [5, 5.41) is 6.62. The van der Waals surface area contributed by atoms with Crippen molar-refractivity contribution in [2.24, 2.45) is 4.99 Å². The number of rotatable bonds is 5. The molecule has 0 spiro atoms. The second-order valence-corrected chi connectivity index (χ2v) is 13.8. The first kappa shape index (κ1) is 30.7. The Balaban J connectivity index is 1.50. The van der Waals surface area contributed by atoms with E-state index in [9.17, 15) is 18.0 Å². The van der Waals surface area contributed by atoms with Crippen LogP contribution in [0.3, 0.4) is 0 Å². The number of alkyl carbamates (subject to hydrolysis) is 1. The van der Waals surface area contributed by atoms with Crippen LogP contribution in [-0.4, -0.2) is 59.4 Å². The fourth-order valence-corrected chi connectivity index (χ4v) is 5.37. The highest BCUT2D eigenvalue weighted by Crippen LogP contribution is 2.33. The Kier molecular flexibility index (Phi) is 8.71. The number of ether oxygens (including phenoxy) is 2. The summed E-state index contributed by atoms with van der Waals surface area (Å²) >= 11 is 0. The van der Waals surface area contributed by atoms with E-state index in [1.165, 1.54) is 0 Å². The molecule has 0 saturated carbocycles. The first-order valence-corrected chi connectivity index (χ1v) is 15.0. The molecule has 13 heteroatoms. The average Bonchev–Trinajstić information content (AvgIpc) is 3.31. The Hall–Kier alpha value is -4.26. The standard InChI is InChI=1S/C29H35N5O7S/c1-28(2,3)39-26(35)31-25(32-27(36)40-29(4,5)6)34-17-16-22(34)24-30-23(33-41-24)20-14-12-19(13-15-20)18-42(37,38)21-10-8-7-9-11-21/h7-15,22H,16-18H2,1-6H3,(H,31,32,35,36)/t22-/m0/s1. The lowest BCUT2D eigenvalue weighted by Gasteiger charge is -2.40. The van der Waals surface area contributed by atoms with Crippen LogP contribution in [0.15, 0.2) is 69.0 Å². The third-order valence-corrected chi connectivity index (χ3v) is 7.60. The number of amides is 2. The maximum Gasteiger partial charge on any atom is 0.437 e. The predicted octanol–water partition coefficient (Wildman–Crippen LogP) is 5.27. The summed E-state index contributed by atoms with van der Waals surface area (Å²) < 4.78 is 41.6. The maximum atomic E-state index is 12.7. The SMILES string of the molecule is CC(C)(C)OC(=O)N=C(NC(=O)OC(C)(C)C)N1CC[C@H]1c1nc(-c2ccc(CS(=O)(=O)c3ccccc3)cc2)no1. The van der Waals surface area contributed by atoms with Crippen molar-refractivity contribution in [3.63, 3.8) is 0 Å². The number of guanidine groups is 1. The molecule has 224 valence electrons. The van der Waals surface area contributed by atoms with Gasteiger partial charge in [-0.15, -0.1) is 4.99 Å². The molecule has 1 saturated heterocycles. The number of nitrogens with zero attached hydrogens (tertiary/aromatic N) is 4. The van der Waals surface area contributed by atoms with Gasteiger partial charge in [-0.25, -0.2) is 18.0 Å². The summed E-state index contributed by atoms with van der Waals surface area (Å²) in [6, 6.07) is 14.7. The fraction of sp³-hybridized carbons (Fsp3) is 0.414. The van der Waals surface area contributed by atoms with Gasteiger partial charge < -0.3 is 18.9 Å². The van der Waals surface area contributed by atoms with Crippen molar-refractivity contribution < 1.29 is 32.0 Å². The van der Waals surface area contributed by atoms with E-state index < -0.39 is 39.3 Å². The molecule has 0 bridgehead atoms. The molecule has 12 nitrogen and oxygen atoms in total. The highest BCUT2D eigenvalue weighted by molar-refractivity contribution is 7.90. The molecule has 2 aromatic carbocycles. The van der Waals surface area contributed by atoms with E-state index >= 15 is 0 Å². The van der Waals surface area contributed by atoms with Gasteiger partial charge in [-0.05, 0) is 65.7 Å². The molecule has 4 rings (SSSR count). The van der Waals surface area contributed by atoms with Crippen LogP contribution in [0.4, 0.5) is 9.59 Å². The first-order chi connectivity index (χ1) is 19.6. The molecule has 1 atom stereocenters. The molecule has 3 aromatic rings. The number of likely N-dealkylation sites (tertiary alicyclic amines) is 1. The third kappa shape index (κ3) is 8.15. The summed E-state index contributed by atoms with van der Waals surface area (Å²) in [6.07, 6.45) is -1.06. The number of aromatic nitrogens is 2. The monoisotopic (exact) mass is 597 g/mol. The quantitative estimate of drug-likeness (QED) is 0.304. The van der Waals surface area contributed by atoms with Gasteiger partial charge in [-0.1, -0.05) is 47.6 Å². The Morgan fingerprint density at radius 1 is 1.00 bits per heavy atom. The predicted molar refractivity (Wildman–Crippen MR) is 154 cm³/mol. The molecule has 1 aromatic heterocycles. The highest BCUT2D eigenvalue weighted by Gasteiger charge is 2.38. The van der Waals surface area contributed by atoms with Gasteiger partial charge in [0.2, 0.25) is 17.7 Å². The molecule has 0 unspecified atom stereocenters. The van der Waals surface area contributed by atoms with Gasteiger partial charge in [0.15, 0.2) is 9.84 Å². The van der Waals surface area contributed by atoms with Gasteiger partial charge >= 0.3 is 12.2 Å². The molecule has 0 aliphatic carbocycles. The maximum absolute atomic E-state index is 12.7. The van der Waals surface area contributed by atoms with Gasteiger partial charge in [0.25, 0.3) is 0 Å². The lowest BCUT2D eigenvalue weighted by atomic mass is 10.0. The molecule has 0 radical (unpaired) electrons. The average molecular weight is 598 g/mol. The summed E-state index contributed by atoms with van der Waals surface area (Å²) in [4.78, 5) is 35.4. The van der Waals surface area contributed by atoms with Gasteiger partial charge in [-0.2, -0.15) is 4.98 Å². The molecule has 1 aliphatic rings. The fourth-order valence-electron chi connectivity index (χ4n) is 4.00. The van der Waals surface area contributed by atoms with Crippen LogP contribution in [0.1, 0.15) is 65.5 Å². The van der Waals surface area contributed by atoms with Crippen LogP contribution in [0.2, 0.25) is 0 Å². The van der Waals surface area contributed by atoms with E-state index in [1.54, 1.807) is 101 Å². The smallest absolute Gasteiger partial charge is 0.437 e. The van der Waals surface area contributed by atoms with Crippen LogP contribution >= 0.6 is 0 Å². The van der Waals surface area contributed by atoms with E-state index in [0.29, 0.717) is 29.9 Å². The Morgan fingerprint density at radius 3 is 2.21 bits per heavy atom. The van der Waals surface area contributed by atoms with Crippen molar-refractivity contribution in [2.75, 3.05) is 6.54 Å². The molecule has 1 fully saturated rings. The topological polar surface area (TPSA) is 153 Å². The van der Waals surface area contributed by atoms with Crippen molar-refractivity contribution in [2.45, 2.75) is 75.9 Å². The van der Waals surface area contributed by atoms with Crippen LogP contribution in [-0.2, 0) is 25.1 Å². The largest absolute Gasteiger partial charge is 0.444 e. The molecular formula is C29H35N5O7S. The van der Waals surface area contributed by atoms with E-state index in [0.717, 1.165) is 0 Å². The lowest BCUT2D eigenvalue weighted by molar-refractivity contribution is 0.0535. The Labute approximate surface area is 245 Å². The van der Waals surface area contributed by atoms with Crippen molar-refractivity contribution in [3.05, 3.63) is 66.1 Å². The molecule has 1 N–H and O–H groups in total. The van der Waals surface area contributed by atoms with Crippen molar-refractivity contribution in [1.82, 2.24) is 20.4 Å². The summed E-state index contributed by atoms with van der Waals surface area (Å²) in [6.45, 7) is 10.7. The molecule has 42 heavy (non-hydrogen) atoms. The minimum Gasteiger partial charge on any atom is -0.444 e. The molecular weight excluding hydrogens is 562 g/mol. The van der Waals surface area contributed by atoms with Gasteiger partial charge in [0.05, 0.1) is 10.6 Å². The first-order valence-electron chi connectivity index (χ1n) is 13.4. The Morgan fingerprint density at radius 2 is 1.64 bits per heavy atom. The zero-order valence-electron chi connectivity index (χ0n) is 24.4. The summed E-state index contributed by atoms with van der Waals surface area (Å²) in [5.41, 5.74) is -0.300. The van der Waals surface area contributed by atoms with Crippen LogP contribution in [0, 0.1) is 0 Å². The van der Waals surface area contributed by atoms with Gasteiger partial charge in [-0.3, -0.25) is 5.32 Å². The normalized spacial score (nSPS) is 16.0. The van der Waals surface area contributed by atoms with Gasteiger partial charge in [0.1, 0.15) is 17.2 Å². The summed E-state index contributed by atoms with van der Waals surface area (Å²) in [5.74, 6) is 0.365. The van der Waals surface area contributed by atoms with Crippen molar-refractivity contribution in [1.29, 1.82) is 0 Å². The number of benzene rings is 2. The van der Waals surface area contributed by atoms with E-state index in [4.69, 9.17) is 14.0 Å². The van der Waals surface area contributed by atoms with E-state index in [1.807, 2.05) is 0 Å². The van der Waals surface area contributed by atoms with Crippen LogP contribution in [0.5, 0.6) is 0 Å². The van der Waals surface area contributed by atoms with Crippen LogP contribution < -0.4 is 5.32 Å².